The number of carbonyl (C=O) groups excluding carboxylic acids is 1. The smallest absolute Gasteiger partial charge is 0.323 e. The number of pyridine rings is 1. The van der Waals surface area contributed by atoms with Gasteiger partial charge in [0.15, 0.2) is 0 Å². The highest BCUT2D eigenvalue weighted by Crippen LogP contribution is 2.10. The molecule has 0 unspecified atom stereocenters. The van der Waals surface area contributed by atoms with Gasteiger partial charge in [0.2, 0.25) is 0 Å². The van der Waals surface area contributed by atoms with Gasteiger partial charge < -0.3 is 10.8 Å². The van der Waals surface area contributed by atoms with Crippen LogP contribution in [0.4, 0.5) is 4.79 Å². The second-order valence-electron chi connectivity index (χ2n) is 2.20. The van der Waals surface area contributed by atoms with Gasteiger partial charge in [0.25, 0.3) is 0 Å². The molecule has 2 amide bonds. The van der Waals surface area contributed by atoms with Crippen LogP contribution in [0.5, 0.6) is 5.75 Å². The zero-order chi connectivity index (χ0) is 10.4. The quantitative estimate of drug-likeness (QED) is 0.499. The van der Waals surface area contributed by atoms with Gasteiger partial charge in [0.1, 0.15) is 11.4 Å². The third-order valence-corrected chi connectivity index (χ3v) is 1.69. The zero-order valence-electron chi connectivity index (χ0n) is 7.04. The first-order valence-electron chi connectivity index (χ1n) is 3.59. The van der Waals surface area contributed by atoms with E-state index < -0.39 is 6.03 Å². The molecule has 0 saturated carbocycles. The van der Waals surface area contributed by atoms with Gasteiger partial charge in [-0.3, -0.25) is 9.71 Å². The summed E-state index contributed by atoms with van der Waals surface area (Å²) in [7, 11) is 0. The van der Waals surface area contributed by atoms with E-state index in [0.29, 0.717) is 5.69 Å². The van der Waals surface area contributed by atoms with Gasteiger partial charge in [-0.25, -0.2) is 9.19 Å². The number of amides is 2. The summed E-state index contributed by atoms with van der Waals surface area (Å²) in [6.45, 7) is 0. The Morgan fingerprint density at radius 1 is 1.79 bits per heavy atom. The first kappa shape index (κ1) is 10.3. The first-order valence-corrected chi connectivity index (χ1v) is 4.36. The highest BCUT2D eigenvalue weighted by atomic mass is 32.2. The first-order chi connectivity index (χ1) is 6.70. The number of hydrogen-bond acceptors (Lipinski definition) is 5. The van der Waals surface area contributed by atoms with Crippen LogP contribution in [0.1, 0.15) is 5.69 Å². The van der Waals surface area contributed by atoms with Crippen molar-refractivity contribution < 1.29 is 9.90 Å². The normalized spacial score (nSPS) is 10.3. The van der Waals surface area contributed by atoms with Crippen LogP contribution in [0.25, 0.3) is 0 Å². The summed E-state index contributed by atoms with van der Waals surface area (Å²) >= 11 is 0.759. The molecule has 0 bridgehead atoms. The number of aromatic hydroxyl groups is 1. The Hall–Kier alpha value is -1.76. The molecular weight excluding hydrogens is 204 g/mol. The van der Waals surface area contributed by atoms with Crippen LogP contribution in [0.15, 0.2) is 22.7 Å². The molecule has 0 aliphatic heterocycles. The van der Waals surface area contributed by atoms with Crippen LogP contribution in [0.3, 0.4) is 0 Å². The minimum atomic E-state index is -0.683. The van der Waals surface area contributed by atoms with E-state index >= 15 is 0 Å². The number of nitrogens with zero attached hydrogens (tertiary/aromatic N) is 2. The van der Waals surface area contributed by atoms with Gasteiger partial charge in [0, 0.05) is 6.20 Å². The van der Waals surface area contributed by atoms with Crippen molar-refractivity contribution in [1.82, 2.24) is 9.71 Å². The predicted molar refractivity (Wildman–Crippen MR) is 53.8 cm³/mol. The van der Waals surface area contributed by atoms with Crippen molar-refractivity contribution in [3.63, 3.8) is 0 Å². The molecule has 1 aromatic heterocycles. The Kier molecular flexibility index (Phi) is 3.74. The lowest BCUT2D eigenvalue weighted by Crippen LogP contribution is -2.22. The molecule has 1 aromatic rings. The minimum absolute atomic E-state index is 0.0240. The average Bonchev–Trinajstić information content (AvgIpc) is 2.15. The maximum atomic E-state index is 10.2. The van der Waals surface area contributed by atoms with Crippen molar-refractivity contribution in [1.29, 1.82) is 0 Å². The number of urea groups is 1. The second kappa shape index (κ2) is 5.07. The molecule has 0 atom stereocenters. The van der Waals surface area contributed by atoms with Crippen LogP contribution >= 0.6 is 12.1 Å². The molecule has 74 valence electrons. The third-order valence-electron chi connectivity index (χ3n) is 1.19. The summed E-state index contributed by atoms with van der Waals surface area (Å²) in [5.41, 5.74) is 5.12. The summed E-state index contributed by atoms with van der Waals surface area (Å²) < 4.78 is 5.88. The third kappa shape index (κ3) is 3.31. The van der Waals surface area contributed by atoms with E-state index in [1.807, 2.05) is 0 Å². The number of primary amides is 1. The minimum Gasteiger partial charge on any atom is -0.506 e. The highest BCUT2D eigenvalue weighted by Gasteiger charge is 1.96. The summed E-state index contributed by atoms with van der Waals surface area (Å²) in [6.07, 6.45) is 2.84. The Labute approximate surface area is 84.5 Å². The zero-order valence-corrected chi connectivity index (χ0v) is 7.86. The number of carbonyl (C=O) groups is 1. The largest absolute Gasteiger partial charge is 0.506 e. The molecule has 7 heteroatoms. The molecule has 0 saturated heterocycles. The Balaban J connectivity index is 2.52. The molecule has 14 heavy (non-hydrogen) atoms. The lowest BCUT2D eigenvalue weighted by Gasteiger charge is -1.95. The molecule has 4 N–H and O–H groups in total. The molecule has 0 aliphatic rings. The average molecular weight is 212 g/mol. The monoisotopic (exact) mass is 212 g/mol. The standard InChI is InChI=1S/C7H8N4O2S/c8-7(13)11-14-10-4-5-6(12)2-1-3-9-5/h1-4,12H,(H3,8,11,13). The fraction of sp³-hybridized carbons (Fsp3) is 0. The second-order valence-corrected chi connectivity index (χ2v) is 2.80. The van der Waals surface area contributed by atoms with Gasteiger partial charge in [0.05, 0.1) is 18.3 Å². The lowest BCUT2D eigenvalue weighted by atomic mass is 10.3. The Morgan fingerprint density at radius 2 is 2.57 bits per heavy atom. The SMILES string of the molecule is NC(=O)NSN=Cc1ncccc1O. The summed E-state index contributed by atoms with van der Waals surface area (Å²) in [6, 6.07) is 2.40. The van der Waals surface area contributed by atoms with E-state index in [0.717, 1.165) is 12.1 Å². The van der Waals surface area contributed by atoms with Gasteiger partial charge in [-0.2, -0.15) is 0 Å². The topological polar surface area (TPSA) is 101 Å². The van der Waals surface area contributed by atoms with Crippen LogP contribution < -0.4 is 10.5 Å². The maximum Gasteiger partial charge on any atom is 0.323 e. The number of nitrogens with two attached hydrogens (primary N) is 1. The number of aromatic nitrogens is 1. The molecule has 6 nitrogen and oxygen atoms in total. The molecule has 1 rings (SSSR count). The Bertz CT molecular complexity index is 355. The van der Waals surface area contributed by atoms with Gasteiger partial charge >= 0.3 is 6.03 Å². The van der Waals surface area contributed by atoms with Gasteiger partial charge in [-0.1, -0.05) is 0 Å². The van der Waals surface area contributed by atoms with Gasteiger partial charge in [-0.15, -0.1) is 0 Å². The predicted octanol–water partition coefficient (Wildman–Crippen LogP) is 0.438. The summed E-state index contributed by atoms with van der Waals surface area (Å²) in [4.78, 5) is 14.1. The van der Waals surface area contributed by atoms with Crippen molar-refractivity contribution in [2.24, 2.45) is 10.1 Å². The highest BCUT2D eigenvalue weighted by molar-refractivity contribution is 7.96. The van der Waals surface area contributed by atoms with Crippen molar-refractivity contribution in [2.75, 3.05) is 0 Å². The van der Waals surface area contributed by atoms with Crippen LogP contribution in [-0.4, -0.2) is 22.3 Å². The molecule has 1 heterocycles. The van der Waals surface area contributed by atoms with E-state index in [1.165, 1.54) is 18.5 Å². The molecule has 0 radical (unpaired) electrons. The fourth-order valence-electron chi connectivity index (χ4n) is 0.656. The molecule has 0 fully saturated rings. The molecular formula is C7H8N4O2S. The van der Waals surface area contributed by atoms with Crippen molar-refractivity contribution >= 4 is 24.4 Å². The number of hydrogen-bond donors (Lipinski definition) is 3. The van der Waals surface area contributed by atoms with E-state index in [1.54, 1.807) is 6.07 Å². The summed E-state index contributed by atoms with van der Waals surface area (Å²) in [5.74, 6) is 0.0240. The molecule has 0 aromatic carbocycles. The molecule has 0 aliphatic carbocycles. The summed E-state index contributed by atoms with van der Waals surface area (Å²) in [5, 5.41) is 9.24. The van der Waals surface area contributed by atoms with Crippen LogP contribution in [0.2, 0.25) is 0 Å². The lowest BCUT2D eigenvalue weighted by molar-refractivity contribution is 0.254. The van der Waals surface area contributed by atoms with E-state index in [2.05, 4.69) is 14.1 Å². The van der Waals surface area contributed by atoms with Crippen LogP contribution in [0, 0.1) is 0 Å². The Morgan fingerprint density at radius 3 is 3.21 bits per heavy atom. The molecule has 0 spiro atoms. The van der Waals surface area contributed by atoms with Crippen molar-refractivity contribution in [3.05, 3.63) is 24.0 Å². The van der Waals surface area contributed by atoms with E-state index in [4.69, 9.17) is 5.73 Å². The maximum absolute atomic E-state index is 10.2. The van der Waals surface area contributed by atoms with E-state index in [9.17, 15) is 9.90 Å². The number of nitrogens with one attached hydrogen (secondary N) is 1. The van der Waals surface area contributed by atoms with Crippen molar-refractivity contribution in [2.45, 2.75) is 0 Å². The van der Waals surface area contributed by atoms with Crippen molar-refractivity contribution in [3.8, 4) is 5.75 Å². The fourth-order valence-corrected chi connectivity index (χ4v) is 0.951. The van der Waals surface area contributed by atoms with Gasteiger partial charge in [-0.05, 0) is 12.1 Å². The van der Waals surface area contributed by atoms with E-state index in [-0.39, 0.29) is 5.75 Å². The van der Waals surface area contributed by atoms with Crippen LogP contribution in [-0.2, 0) is 0 Å². The number of rotatable bonds is 3.